The van der Waals surface area contributed by atoms with Gasteiger partial charge in [-0.05, 0) is 31.7 Å². The molecule has 0 bridgehead atoms. The van der Waals surface area contributed by atoms with E-state index in [4.69, 9.17) is 23.2 Å². The van der Waals surface area contributed by atoms with Gasteiger partial charge < -0.3 is 5.32 Å². The summed E-state index contributed by atoms with van der Waals surface area (Å²) in [6.07, 6.45) is 0. The first-order valence-electron chi connectivity index (χ1n) is 4.34. The van der Waals surface area contributed by atoms with Crippen LogP contribution in [0.25, 0.3) is 0 Å². The Bertz CT molecular complexity index is 347. The van der Waals surface area contributed by atoms with Crippen LogP contribution in [0.2, 0.25) is 10.0 Å². The Morgan fingerprint density at radius 1 is 1.36 bits per heavy atom. The molecule has 1 rings (SSSR count). The van der Waals surface area contributed by atoms with Crippen molar-refractivity contribution < 1.29 is 0 Å². The highest BCUT2D eigenvalue weighted by Crippen LogP contribution is 2.27. The summed E-state index contributed by atoms with van der Waals surface area (Å²) in [5.41, 5.74) is 2.13. The lowest BCUT2D eigenvalue weighted by Gasteiger charge is -2.17. The largest absolute Gasteiger partial charge is 0.310 e. The van der Waals surface area contributed by atoms with Crippen LogP contribution in [0.5, 0.6) is 0 Å². The molecule has 1 aromatic rings. The maximum absolute atomic E-state index is 5.93. The molecule has 1 unspecified atom stereocenters. The Kier molecular flexibility index (Phi) is 3.99. The van der Waals surface area contributed by atoms with Gasteiger partial charge in [0, 0.05) is 0 Å². The third-order valence-corrected chi connectivity index (χ3v) is 2.80. The minimum absolute atomic E-state index is 0.129. The average molecular weight is 230 g/mol. The zero-order valence-electron chi connectivity index (χ0n) is 8.27. The molecule has 0 radical (unpaired) electrons. The molecule has 14 heavy (non-hydrogen) atoms. The molecular weight excluding hydrogens is 217 g/mol. The molecule has 0 aromatic heterocycles. The SMILES string of the molecule is C=C(C)C(NC)c1ccc(Cl)c(Cl)c1. The van der Waals surface area contributed by atoms with Gasteiger partial charge in [-0.2, -0.15) is 0 Å². The van der Waals surface area contributed by atoms with E-state index in [9.17, 15) is 0 Å². The molecular formula is C11H13Cl2N. The molecule has 1 atom stereocenters. The van der Waals surface area contributed by atoms with Crippen molar-refractivity contribution in [3.8, 4) is 0 Å². The van der Waals surface area contributed by atoms with Gasteiger partial charge >= 0.3 is 0 Å². The van der Waals surface area contributed by atoms with Gasteiger partial charge in [-0.15, -0.1) is 0 Å². The third-order valence-electron chi connectivity index (χ3n) is 2.06. The van der Waals surface area contributed by atoms with Crippen molar-refractivity contribution in [3.63, 3.8) is 0 Å². The lowest BCUT2D eigenvalue weighted by atomic mass is 10.0. The van der Waals surface area contributed by atoms with Gasteiger partial charge in [0.2, 0.25) is 0 Å². The van der Waals surface area contributed by atoms with Crippen molar-refractivity contribution in [2.45, 2.75) is 13.0 Å². The molecule has 0 aliphatic rings. The van der Waals surface area contributed by atoms with Gasteiger partial charge in [0.1, 0.15) is 0 Å². The Hall–Kier alpha value is -0.500. The minimum Gasteiger partial charge on any atom is -0.310 e. The molecule has 1 nitrogen and oxygen atoms in total. The van der Waals surface area contributed by atoms with Crippen LogP contribution < -0.4 is 5.32 Å². The molecule has 0 fully saturated rings. The average Bonchev–Trinajstić information content (AvgIpc) is 2.11. The number of halogens is 2. The number of likely N-dealkylation sites (N-methyl/N-ethyl adjacent to an activating group) is 1. The fourth-order valence-electron chi connectivity index (χ4n) is 1.39. The van der Waals surface area contributed by atoms with Gasteiger partial charge in [-0.25, -0.2) is 0 Å². The summed E-state index contributed by atoms with van der Waals surface area (Å²) in [6.45, 7) is 5.89. The molecule has 0 aliphatic heterocycles. The van der Waals surface area contributed by atoms with E-state index < -0.39 is 0 Å². The van der Waals surface area contributed by atoms with Crippen LogP contribution in [0.3, 0.4) is 0 Å². The van der Waals surface area contributed by atoms with Crippen LogP contribution in [-0.4, -0.2) is 7.05 Å². The first kappa shape index (κ1) is 11.6. The summed E-state index contributed by atoms with van der Waals surface area (Å²) in [5, 5.41) is 4.31. The lowest BCUT2D eigenvalue weighted by Crippen LogP contribution is -2.16. The van der Waals surface area contributed by atoms with Crippen molar-refractivity contribution in [1.82, 2.24) is 5.32 Å². The fourth-order valence-corrected chi connectivity index (χ4v) is 1.70. The molecule has 0 amide bonds. The van der Waals surface area contributed by atoms with E-state index in [0.717, 1.165) is 11.1 Å². The summed E-state index contributed by atoms with van der Waals surface area (Å²) in [4.78, 5) is 0. The second kappa shape index (κ2) is 4.83. The molecule has 3 heteroatoms. The first-order valence-corrected chi connectivity index (χ1v) is 5.09. The van der Waals surface area contributed by atoms with Gasteiger partial charge in [-0.3, -0.25) is 0 Å². The van der Waals surface area contributed by atoms with Crippen LogP contribution in [0, 0.1) is 0 Å². The maximum Gasteiger partial charge on any atom is 0.0595 e. The summed E-state index contributed by atoms with van der Waals surface area (Å²) >= 11 is 11.8. The molecule has 0 saturated heterocycles. The van der Waals surface area contributed by atoms with E-state index in [0.29, 0.717) is 10.0 Å². The van der Waals surface area contributed by atoms with Gasteiger partial charge in [0.05, 0.1) is 16.1 Å². The highest BCUT2D eigenvalue weighted by molar-refractivity contribution is 6.42. The quantitative estimate of drug-likeness (QED) is 0.778. The van der Waals surface area contributed by atoms with Gasteiger partial charge in [0.15, 0.2) is 0 Å². The Morgan fingerprint density at radius 3 is 2.43 bits per heavy atom. The second-order valence-corrected chi connectivity index (χ2v) is 4.06. The molecule has 1 N–H and O–H groups in total. The van der Waals surface area contributed by atoms with E-state index in [1.54, 1.807) is 6.07 Å². The normalized spacial score (nSPS) is 12.6. The number of benzene rings is 1. The van der Waals surface area contributed by atoms with E-state index in [2.05, 4.69) is 11.9 Å². The van der Waals surface area contributed by atoms with Crippen molar-refractivity contribution in [2.24, 2.45) is 0 Å². The fraction of sp³-hybridized carbons (Fsp3) is 0.273. The van der Waals surface area contributed by atoms with E-state index in [-0.39, 0.29) is 6.04 Å². The van der Waals surface area contributed by atoms with Crippen LogP contribution in [0.15, 0.2) is 30.4 Å². The van der Waals surface area contributed by atoms with E-state index in [1.165, 1.54) is 0 Å². The Labute approximate surface area is 94.7 Å². The monoisotopic (exact) mass is 229 g/mol. The zero-order chi connectivity index (χ0) is 10.7. The number of rotatable bonds is 3. The predicted octanol–water partition coefficient (Wildman–Crippen LogP) is 3.83. The minimum atomic E-state index is 0.129. The Morgan fingerprint density at radius 2 is 2.00 bits per heavy atom. The summed E-state index contributed by atoms with van der Waals surface area (Å²) < 4.78 is 0. The molecule has 0 aliphatic carbocycles. The lowest BCUT2D eigenvalue weighted by molar-refractivity contribution is 0.680. The predicted molar refractivity (Wildman–Crippen MR) is 63.1 cm³/mol. The van der Waals surface area contributed by atoms with Crippen LogP contribution in [0.4, 0.5) is 0 Å². The zero-order valence-corrected chi connectivity index (χ0v) is 9.78. The van der Waals surface area contributed by atoms with Crippen molar-refractivity contribution in [2.75, 3.05) is 7.05 Å². The third kappa shape index (κ3) is 2.50. The van der Waals surface area contributed by atoms with Gasteiger partial charge in [0.25, 0.3) is 0 Å². The molecule has 1 aromatic carbocycles. The van der Waals surface area contributed by atoms with Gasteiger partial charge in [-0.1, -0.05) is 41.4 Å². The van der Waals surface area contributed by atoms with Crippen LogP contribution in [0.1, 0.15) is 18.5 Å². The topological polar surface area (TPSA) is 12.0 Å². The van der Waals surface area contributed by atoms with E-state index in [1.807, 2.05) is 26.1 Å². The number of hydrogen-bond acceptors (Lipinski definition) is 1. The number of hydrogen-bond donors (Lipinski definition) is 1. The highest BCUT2D eigenvalue weighted by Gasteiger charge is 2.10. The first-order chi connectivity index (χ1) is 6.56. The summed E-state index contributed by atoms with van der Waals surface area (Å²) in [5.74, 6) is 0. The van der Waals surface area contributed by atoms with Crippen LogP contribution >= 0.6 is 23.2 Å². The van der Waals surface area contributed by atoms with Crippen LogP contribution in [-0.2, 0) is 0 Å². The summed E-state index contributed by atoms with van der Waals surface area (Å²) in [6, 6.07) is 5.74. The Balaban J connectivity index is 3.06. The molecule has 76 valence electrons. The van der Waals surface area contributed by atoms with Crippen molar-refractivity contribution in [1.29, 1.82) is 0 Å². The van der Waals surface area contributed by atoms with Crippen molar-refractivity contribution >= 4 is 23.2 Å². The summed E-state index contributed by atoms with van der Waals surface area (Å²) in [7, 11) is 1.89. The number of nitrogens with one attached hydrogen (secondary N) is 1. The second-order valence-electron chi connectivity index (χ2n) is 3.24. The molecule has 0 heterocycles. The highest BCUT2D eigenvalue weighted by atomic mass is 35.5. The maximum atomic E-state index is 5.93. The van der Waals surface area contributed by atoms with E-state index >= 15 is 0 Å². The molecule has 0 saturated carbocycles. The molecule has 0 spiro atoms. The standard InChI is InChI=1S/C11H13Cl2N/c1-7(2)11(14-3)8-4-5-9(12)10(13)6-8/h4-6,11,14H,1H2,2-3H3. The smallest absolute Gasteiger partial charge is 0.0595 e. The van der Waals surface area contributed by atoms with Crippen molar-refractivity contribution in [3.05, 3.63) is 46.0 Å².